The first-order valence-corrected chi connectivity index (χ1v) is 7.59. The molecule has 7 heteroatoms. The van der Waals surface area contributed by atoms with Crippen LogP contribution < -0.4 is 4.90 Å². The van der Waals surface area contributed by atoms with E-state index in [1.165, 1.54) is 6.07 Å². The lowest BCUT2D eigenvalue weighted by Gasteiger charge is -2.24. The number of aromatic carboxylic acids is 1. The number of benzene rings is 1. The van der Waals surface area contributed by atoms with Crippen LogP contribution in [0, 0.1) is 0 Å². The van der Waals surface area contributed by atoms with Gasteiger partial charge in [-0.05, 0) is 38.8 Å². The lowest BCUT2D eigenvalue weighted by molar-refractivity contribution is 0.0582. The van der Waals surface area contributed by atoms with E-state index in [0.29, 0.717) is 18.7 Å². The summed E-state index contributed by atoms with van der Waals surface area (Å²) in [6, 6.07) is 6.86. The molecular formula is C17H18N2O5. The molecular weight excluding hydrogens is 312 g/mol. The van der Waals surface area contributed by atoms with Crippen LogP contribution in [0.1, 0.15) is 36.9 Å². The summed E-state index contributed by atoms with van der Waals surface area (Å²) in [5.74, 6) is -1.39. The van der Waals surface area contributed by atoms with Gasteiger partial charge in [-0.25, -0.2) is 9.59 Å². The van der Waals surface area contributed by atoms with Crippen LogP contribution in [0.2, 0.25) is 0 Å². The fourth-order valence-corrected chi connectivity index (χ4v) is 2.68. The second-order valence-corrected chi connectivity index (χ2v) is 6.57. The molecule has 0 atom stereocenters. The van der Waals surface area contributed by atoms with Gasteiger partial charge in [0.15, 0.2) is 0 Å². The van der Waals surface area contributed by atoms with Gasteiger partial charge in [-0.1, -0.05) is 17.3 Å². The van der Waals surface area contributed by atoms with Crippen molar-refractivity contribution in [2.45, 2.75) is 32.8 Å². The molecule has 126 valence electrons. The smallest absolute Gasteiger partial charge is 0.414 e. The Bertz CT molecular complexity index is 804. The first-order valence-electron chi connectivity index (χ1n) is 7.59. The normalized spacial score (nSPS) is 13.7. The number of carboxylic acids is 1. The van der Waals surface area contributed by atoms with Gasteiger partial charge in [0.25, 0.3) is 0 Å². The van der Waals surface area contributed by atoms with Crippen molar-refractivity contribution in [2.24, 2.45) is 0 Å². The van der Waals surface area contributed by atoms with Gasteiger partial charge in [-0.2, -0.15) is 0 Å². The molecule has 0 fully saturated rings. The Morgan fingerprint density at radius 2 is 2.08 bits per heavy atom. The average Bonchev–Trinajstić information content (AvgIpc) is 3.12. The second-order valence-electron chi connectivity index (χ2n) is 6.57. The largest absolute Gasteiger partial charge is 0.475 e. The van der Waals surface area contributed by atoms with Crippen molar-refractivity contribution in [1.82, 2.24) is 5.16 Å². The maximum atomic E-state index is 12.4. The predicted octanol–water partition coefficient (Wildman–Crippen LogP) is 3.34. The number of ether oxygens (including phenoxy) is 1. The Balaban J connectivity index is 1.94. The standard InChI is InChI=1S/C17H18N2O5/c1-17(2,3)23-16(22)19-8-7-11-10(5-4-6-13(11)19)12-9-14(15(20)21)24-18-12/h4-6,9H,7-8H2,1-3H3,(H,20,21). The third-order valence-electron chi connectivity index (χ3n) is 3.64. The number of hydrogen-bond donors (Lipinski definition) is 1. The highest BCUT2D eigenvalue weighted by molar-refractivity contribution is 5.93. The van der Waals surface area contributed by atoms with Crippen LogP contribution in [-0.4, -0.2) is 34.5 Å². The van der Waals surface area contributed by atoms with Crippen LogP contribution in [0.3, 0.4) is 0 Å². The molecule has 3 rings (SSSR count). The summed E-state index contributed by atoms with van der Waals surface area (Å²) in [6.45, 7) is 5.97. The SMILES string of the molecule is CC(C)(C)OC(=O)N1CCc2c(-c3cc(C(=O)O)on3)cccc21. The van der Waals surface area contributed by atoms with Gasteiger partial charge in [-0.3, -0.25) is 4.90 Å². The zero-order valence-electron chi connectivity index (χ0n) is 13.7. The molecule has 0 aliphatic carbocycles. The summed E-state index contributed by atoms with van der Waals surface area (Å²) >= 11 is 0. The van der Waals surface area contributed by atoms with E-state index in [2.05, 4.69) is 5.16 Å². The number of nitrogens with zero attached hydrogens (tertiary/aromatic N) is 2. The maximum Gasteiger partial charge on any atom is 0.414 e. The Hall–Kier alpha value is -2.83. The van der Waals surface area contributed by atoms with Crippen molar-refractivity contribution >= 4 is 17.7 Å². The van der Waals surface area contributed by atoms with Crippen LogP contribution in [0.25, 0.3) is 11.3 Å². The van der Waals surface area contributed by atoms with Crippen molar-refractivity contribution < 1.29 is 24.0 Å². The topological polar surface area (TPSA) is 92.9 Å². The summed E-state index contributed by atoms with van der Waals surface area (Å²) in [5.41, 5.74) is 2.31. The number of carboxylic acid groups (broad SMARTS) is 1. The molecule has 1 aliphatic rings. The Morgan fingerprint density at radius 3 is 2.71 bits per heavy atom. The van der Waals surface area contributed by atoms with E-state index >= 15 is 0 Å². The summed E-state index contributed by atoms with van der Waals surface area (Å²) in [7, 11) is 0. The zero-order chi connectivity index (χ0) is 17.5. The Kier molecular flexibility index (Phi) is 3.79. The minimum atomic E-state index is -1.17. The number of aromatic nitrogens is 1. The molecule has 1 aromatic carbocycles. The van der Waals surface area contributed by atoms with Gasteiger partial charge in [0.2, 0.25) is 5.76 Å². The fourth-order valence-electron chi connectivity index (χ4n) is 2.68. The van der Waals surface area contributed by atoms with Gasteiger partial charge >= 0.3 is 12.1 Å². The van der Waals surface area contributed by atoms with Gasteiger partial charge in [-0.15, -0.1) is 0 Å². The van der Waals surface area contributed by atoms with Crippen molar-refractivity contribution in [1.29, 1.82) is 0 Å². The molecule has 2 heterocycles. The van der Waals surface area contributed by atoms with Crippen molar-refractivity contribution in [3.05, 3.63) is 35.6 Å². The zero-order valence-corrected chi connectivity index (χ0v) is 13.7. The van der Waals surface area contributed by atoms with E-state index in [9.17, 15) is 9.59 Å². The first-order chi connectivity index (χ1) is 11.3. The number of rotatable bonds is 2. The number of carbonyl (C=O) groups is 2. The monoisotopic (exact) mass is 330 g/mol. The van der Waals surface area contributed by atoms with Crippen LogP contribution >= 0.6 is 0 Å². The highest BCUT2D eigenvalue weighted by Gasteiger charge is 2.31. The molecule has 0 bridgehead atoms. The van der Waals surface area contributed by atoms with Gasteiger partial charge in [0.1, 0.15) is 11.3 Å². The average molecular weight is 330 g/mol. The highest BCUT2D eigenvalue weighted by Crippen LogP contribution is 2.36. The minimum absolute atomic E-state index is 0.218. The third-order valence-corrected chi connectivity index (χ3v) is 3.64. The second kappa shape index (κ2) is 5.67. The van der Waals surface area contributed by atoms with E-state index in [1.807, 2.05) is 32.9 Å². The Morgan fingerprint density at radius 1 is 1.33 bits per heavy atom. The molecule has 1 amide bonds. The van der Waals surface area contributed by atoms with Crippen LogP contribution in [-0.2, 0) is 11.2 Å². The van der Waals surface area contributed by atoms with Gasteiger partial charge in [0.05, 0.1) is 5.69 Å². The molecule has 2 aromatic rings. The number of fused-ring (bicyclic) bond motifs is 1. The summed E-state index contributed by atoms with van der Waals surface area (Å²) < 4.78 is 10.3. The minimum Gasteiger partial charge on any atom is -0.475 e. The summed E-state index contributed by atoms with van der Waals surface area (Å²) in [5, 5.41) is 12.8. The summed E-state index contributed by atoms with van der Waals surface area (Å²) in [6.07, 6.45) is 0.241. The van der Waals surface area contributed by atoms with E-state index in [-0.39, 0.29) is 5.76 Å². The van der Waals surface area contributed by atoms with Gasteiger partial charge < -0.3 is 14.4 Å². The fraction of sp³-hybridized carbons (Fsp3) is 0.353. The number of anilines is 1. The van der Waals surface area contributed by atoms with Crippen molar-refractivity contribution in [3.8, 4) is 11.3 Å². The van der Waals surface area contributed by atoms with Crippen LogP contribution in [0.5, 0.6) is 0 Å². The van der Waals surface area contributed by atoms with E-state index < -0.39 is 17.7 Å². The lowest BCUT2D eigenvalue weighted by atomic mass is 10.0. The number of carbonyl (C=O) groups excluding carboxylic acids is 1. The molecule has 1 aromatic heterocycles. The molecule has 0 spiro atoms. The number of hydrogen-bond acceptors (Lipinski definition) is 5. The molecule has 1 N–H and O–H groups in total. The summed E-state index contributed by atoms with van der Waals surface area (Å²) in [4.78, 5) is 24.9. The molecule has 0 radical (unpaired) electrons. The number of amides is 1. The van der Waals surface area contributed by atoms with Gasteiger partial charge in [0, 0.05) is 18.2 Å². The van der Waals surface area contributed by atoms with Crippen LogP contribution in [0.15, 0.2) is 28.8 Å². The van der Waals surface area contributed by atoms with Crippen molar-refractivity contribution in [3.63, 3.8) is 0 Å². The molecule has 1 aliphatic heterocycles. The third kappa shape index (κ3) is 2.97. The molecule has 0 saturated carbocycles. The molecule has 0 saturated heterocycles. The van der Waals surface area contributed by atoms with E-state index in [1.54, 1.807) is 11.0 Å². The van der Waals surface area contributed by atoms with Crippen molar-refractivity contribution in [2.75, 3.05) is 11.4 Å². The molecule has 24 heavy (non-hydrogen) atoms. The first kappa shape index (κ1) is 16.0. The highest BCUT2D eigenvalue weighted by atomic mass is 16.6. The van der Waals surface area contributed by atoms with Crippen LogP contribution in [0.4, 0.5) is 10.5 Å². The molecule has 0 unspecified atom stereocenters. The predicted molar refractivity (Wildman–Crippen MR) is 86.2 cm³/mol. The Labute approximate surface area is 138 Å². The van der Waals surface area contributed by atoms with E-state index in [0.717, 1.165) is 16.8 Å². The molecule has 7 nitrogen and oxygen atoms in total. The lowest BCUT2D eigenvalue weighted by Crippen LogP contribution is -2.35. The van der Waals surface area contributed by atoms with E-state index in [4.69, 9.17) is 14.4 Å². The quantitative estimate of drug-likeness (QED) is 0.908. The maximum absolute atomic E-state index is 12.4.